The number of nitrogens with zero attached hydrogens (tertiary/aromatic N) is 2. The van der Waals surface area contributed by atoms with Crippen molar-refractivity contribution in [1.29, 1.82) is 0 Å². The Hall–Kier alpha value is -2.20. The molecule has 142 valence electrons. The fourth-order valence-electron chi connectivity index (χ4n) is 2.49. The maximum absolute atomic E-state index is 10.7. The smallest absolute Gasteiger partial charge is 0.174 e. The van der Waals surface area contributed by atoms with E-state index in [2.05, 4.69) is 16.8 Å². The van der Waals surface area contributed by atoms with Crippen LogP contribution in [0.2, 0.25) is 0 Å². The van der Waals surface area contributed by atoms with Gasteiger partial charge >= 0.3 is 0 Å². The lowest BCUT2D eigenvalue weighted by atomic mass is 10.1. The first kappa shape index (κ1) is 19.6. The van der Waals surface area contributed by atoms with E-state index in [4.69, 9.17) is 0 Å². The largest absolute Gasteiger partial charge is 0.289 e. The molecule has 0 fully saturated rings. The molecule has 0 radical (unpaired) electrons. The summed E-state index contributed by atoms with van der Waals surface area (Å²) in [5.74, 6) is 0. The molecule has 1 aromatic heterocycles. The Kier molecular flexibility index (Phi) is 5.38. The highest BCUT2D eigenvalue weighted by Gasteiger charge is 2.25. The molecule has 0 bridgehead atoms. The summed E-state index contributed by atoms with van der Waals surface area (Å²) in [4.78, 5) is 0.418. The second kappa shape index (κ2) is 7.43. The van der Waals surface area contributed by atoms with Gasteiger partial charge in [0.2, 0.25) is 0 Å². The Bertz CT molecular complexity index is 1020. The van der Waals surface area contributed by atoms with Crippen LogP contribution in [-0.4, -0.2) is 28.4 Å². The summed E-state index contributed by atoms with van der Waals surface area (Å²) < 4.78 is 42.0. The van der Waals surface area contributed by atoms with Crippen molar-refractivity contribution in [3.63, 3.8) is 0 Å². The first-order valence-corrected chi connectivity index (χ1v) is 11.1. The van der Waals surface area contributed by atoms with E-state index in [0.717, 1.165) is 10.8 Å². The Labute approximate surface area is 160 Å². The van der Waals surface area contributed by atoms with Crippen LogP contribution in [-0.2, 0) is 0 Å². The van der Waals surface area contributed by atoms with Gasteiger partial charge in [0.05, 0.1) is 9.80 Å². The topological polar surface area (TPSA) is 107 Å². The van der Waals surface area contributed by atoms with E-state index in [0.29, 0.717) is 4.90 Å². The molecule has 0 saturated heterocycles. The minimum absolute atomic E-state index is 0.0478. The van der Waals surface area contributed by atoms with Gasteiger partial charge in [-0.25, -0.2) is 0 Å². The third-order valence-electron chi connectivity index (χ3n) is 3.97. The lowest BCUT2D eigenvalue weighted by molar-refractivity contribution is 0.474. The van der Waals surface area contributed by atoms with Crippen molar-refractivity contribution in [3.05, 3.63) is 78.2 Å². The van der Waals surface area contributed by atoms with E-state index in [9.17, 15) is 18.2 Å². The van der Waals surface area contributed by atoms with Crippen LogP contribution < -0.4 is 0 Å². The molecule has 0 aliphatic heterocycles. The Morgan fingerprint density at radius 3 is 2.15 bits per heavy atom. The number of benzene rings is 2. The summed E-state index contributed by atoms with van der Waals surface area (Å²) in [5.41, 5.74) is 0. The van der Waals surface area contributed by atoms with Crippen LogP contribution in [0.15, 0.2) is 93.2 Å². The molecular weight excluding hydrogens is 384 g/mol. The number of fused-ring (bicyclic) bond motifs is 1. The fraction of sp³-hybridized carbons (Fsp3) is 0.0526. The van der Waals surface area contributed by atoms with Gasteiger partial charge in [-0.3, -0.25) is 18.2 Å². The maximum Gasteiger partial charge on any atom is 0.174 e. The number of hydrogen-bond acceptors (Lipinski definition) is 6. The zero-order valence-electron chi connectivity index (χ0n) is 14.6. The molecule has 8 heteroatoms. The lowest BCUT2D eigenvalue weighted by Gasteiger charge is -2.33. The summed E-state index contributed by atoms with van der Waals surface area (Å²) in [5, 5.41) is 9.36. The standard InChI is InChI=1S/C19H20N2O4S2/c1-3-6-14(2)26(22,23)18-11-12-19(21-20-18)27(24,25)17-10-9-15-7-4-5-8-16(15)13-17/h3-13,22-25H,2H2,1H3/b6-3-. The maximum atomic E-state index is 10.7. The zero-order valence-corrected chi connectivity index (χ0v) is 16.2. The monoisotopic (exact) mass is 404 g/mol. The van der Waals surface area contributed by atoms with Crippen LogP contribution in [0, 0.1) is 0 Å². The summed E-state index contributed by atoms with van der Waals surface area (Å²) in [6.07, 6.45) is 3.11. The molecule has 0 aliphatic carbocycles. The average Bonchev–Trinajstić information content (AvgIpc) is 2.67. The minimum atomic E-state index is -3.39. The molecule has 1 heterocycles. The number of rotatable bonds is 5. The van der Waals surface area contributed by atoms with Crippen LogP contribution in [0.3, 0.4) is 0 Å². The van der Waals surface area contributed by atoms with E-state index in [1.165, 1.54) is 18.2 Å². The predicted octanol–water partition coefficient (Wildman–Crippen LogP) is 6.00. The molecule has 3 aromatic rings. The quantitative estimate of drug-likeness (QED) is 0.389. The molecule has 0 amide bonds. The van der Waals surface area contributed by atoms with Crippen molar-refractivity contribution >= 4 is 32.0 Å². The minimum Gasteiger partial charge on any atom is -0.289 e. The summed E-state index contributed by atoms with van der Waals surface area (Å²) in [6, 6.07) is 15.4. The number of allylic oxidation sites excluding steroid dienone is 2. The van der Waals surface area contributed by atoms with Gasteiger partial charge in [0.25, 0.3) is 0 Å². The molecule has 0 unspecified atom stereocenters. The van der Waals surface area contributed by atoms with Crippen molar-refractivity contribution < 1.29 is 18.2 Å². The van der Waals surface area contributed by atoms with Crippen LogP contribution in [0.4, 0.5) is 0 Å². The van der Waals surface area contributed by atoms with Gasteiger partial charge in [0, 0.05) is 0 Å². The van der Waals surface area contributed by atoms with Crippen molar-refractivity contribution in [2.45, 2.75) is 21.9 Å². The molecule has 0 saturated carbocycles. The molecule has 2 aromatic carbocycles. The SMILES string of the molecule is C=C(/C=C\C)S(O)(O)c1ccc(S(O)(O)c2ccc3ccccc3c2)nn1. The lowest BCUT2D eigenvalue weighted by Crippen LogP contribution is -2.07. The summed E-state index contributed by atoms with van der Waals surface area (Å²) >= 11 is 0. The second-order valence-electron chi connectivity index (χ2n) is 5.78. The number of hydrogen-bond donors (Lipinski definition) is 4. The van der Waals surface area contributed by atoms with Gasteiger partial charge in [0.15, 0.2) is 10.1 Å². The van der Waals surface area contributed by atoms with Gasteiger partial charge in [-0.05, 0) is 48.0 Å². The third-order valence-corrected chi connectivity index (χ3v) is 7.35. The molecule has 4 N–H and O–H groups in total. The van der Waals surface area contributed by atoms with Gasteiger partial charge in [-0.15, -0.1) is 31.4 Å². The third kappa shape index (κ3) is 3.77. The Balaban J connectivity index is 1.96. The van der Waals surface area contributed by atoms with E-state index in [1.807, 2.05) is 24.3 Å². The normalized spacial score (nSPS) is 13.8. The van der Waals surface area contributed by atoms with Crippen molar-refractivity contribution in [3.8, 4) is 0 Å². The molecule has 3 rings (SSSR count). The summed E-state index contributed by atoms with van der Waals surface area (Å²) in [7, 11) is -6.75. The highest BCUT2D eigenvalue weighted by molar-refractivity contribution is 8.27. The van der Waals surface area contributed by atoms with Crippen molar-refractivity contribution in [2.24, 2.45) is 0 Å². The Morgan fingerprint density at radius 1 is 0.889 bits per heavy atom. The first-order chi connectivity index (χ1) is 12.8. The van der Waals surface area contributed by atoms with E-state index < -0.39 is 21.2 Å². The highest BCUT2D eigenvalue weighted by Crippen LogP contribution is 2.57. The molecule has 0 atom stereocenters. The van der Waals surface area contributed by atoms with Crippen LogP contribution in [0.25, 0.3) is 10.8 Å². The molecule has 27 heavy (non-hydrogen) atoms. The molecule has 0 aliphatic rings. The fourth-order valence-corrected chi connectivity index (χ4v) is 4.70. The van der Waals surface area contributed by atoms with Gasteiger partial charge in [-0.2, -0.15) is 0 Å². The molecule has 6 nitrogen and oxygen atoms in total. The van der Waals surface area contributed by atoms with Crippen LogP contribution >= 0.6 is 21.2 Å². The first-order valence-electron chi connectivity index (χ1n) is 7.97. The van der Waals surface area contributed by atoms with E-state index in [-0.39, 0.29) is 15.0 Å². The van der Waals surface area contributed by atoms with Crippen molar-refractivity contribution in [1.82, 2.24) is 10.2 Å². The van der Waals surface area contributed by atoms with Crippen molar-refractivity contribution in [2.75, 3.05) is 0 Å². The molecule has 0 spiro atoms. The average molecular weight is 405 g/mol. The van der Waals surface area contributed by atoms with E-state index in [1.54, 1.807) is 31.2 Å². The van der Waals surface area contributed by atoms with Crippen LogP contribution in [0.5, 0.6) is 0 Å². The van der Waals surface area contributed by atoms with E-state index >= 15 is 0 Å². The second-order valence-corrected chi connectivity index (χ2v) is 9.81. The predicted molar refractivity (Wildman–Crippen MR) is 110 cm³/mol. The number of aromatic nitrogens is 2. The highest BCUT2D eigenvalue weighted by atomic mass is 32.3. The van der Waals surface area contributed by atoms with Crippen LogP contribution in [0.1, 0.15) is 6.92 Å². The zero-order chi connectivity index (χ0) is 19.7. The molecular formula is C19H20N2O4S2. The van der Waals surface area contributed by atoms with Gasteiger partial charge in [-0.1, -0.05) is 43.0 Å². The Morgan fingerprint density at radius 2 is 1.52 bits per heavy atom. The van der Waals surface area contributed by atoms with Gasteiger partial charge < -0.3 is 0 Å². The van der Waals surface area contributed by atoms with Gasteiger partial charge in [0.1, 0.15) is 0 Å². The summed E-state index contributed by atoms with van der Waals surface area (Å²) in [6.45, 7) is 5.36.